The average Bonchev–Trinajstić information content (AvgIpc) is 3.39. The number of nitrogens with zero attached hydrogens (tertiary/aromatic N) is 4. The van der Waals surface area contributed by atoms with E-state index in [1.54, 1.807) is 7.05 Å². The highest BCUT2D eigenvalue weighted by molar-refractivity contribution is 7.87. The van der Waals surface area contributed by atoms with E-state index in [9.17, 15) is 8.42 Å². The number of aliphatic imine (C=N–C) groups is 1. The lowest BCUT2D eigenvalue weighted by Crippen LogP contribution is -2.52. The summed E-state index contributed by atoms with van der Waals surface area (Å²) < 4.78 is 46.5. The summed E-state index contributed by atoms with van der Waals surface area (Å²) in [6, 6.07) is -0.784. The van der Waals surface area contributed by atoms with E-state index in [1.807, 2.05) is 0 Å². The van der Waals surface area contributed by atoms with Crippen molar-refractivity contribution in [1.29, 1.82) is 0 Å². The van der Waals surface area contributed by atoms with Gasteiger partial charge in [-0.05, 0) is 0 Å². The molecular formula is C18H27ClN8O5S. The van der Waals surface area contributed by atoms with Gasteiger partial charge in [-0.1, -0.05) is 11.6 Å². The van der Waals surface area contributed by atoms with E-state index < -0.39 is 22.4 Å². The van der Waals surface area contributed by atoms with Crippen LogP contribution in [0.25, 0.3) is 0 Å². The molecule has 13 nitrogen and oxygen atoms in total. The Morgan fingerprint density at radius 1 is 1.27 bits per heavy atom. The molecule has 1 aromatic heterocycles. The Morgan fingerprint density at radius 2 is 1.97 bits per heavy atom. The van der Waals surface area contributed by atoms with Gasteiger partial charge in [0.25, 0.3) is 10.2 Å². The largest absolute Gasteiger partial charge is 0.403 e. The topological polar surface area (TPSA) is 165 Å². The van der Waals surface area contributed by atoms with Crippen LogP contribution in [0.15, 0.2) is 23.1 Å². The Hall–Kier alpha value is -2.07. The molecule has 4 atom stereocenters. The van der Waals surface area contributed by atoms with Crippen LogP contribution in [-0.4, -0.2) is 99.8 Å². The number of ether oxygens (including phenoxy) is 3. The lowest BCUT2D eigenvalue weighted by Gasteiger charge is -2.28. The zero-order chi connectivity index (χ0) is 23.4. The van der Waals surface area contributed by atoms with Gasteiger partial charge in [0.15, 0.2) is 5.82 Å². The molecule has 0 saturated carbocycles. The fourth-order valence-electron chi connectivity index (χ4n) is 3.87. The fourth-order valence-corrected chi connectivity index (χ4v) is 5.38. The Labute approximate surface area is 196 Å². The van der Waals surface area contributed by atoms with Crippen LogP contribution in [0.1, 0.15) is 0 Å². The zero-order valence-corrected chi connectivity index (χ0v) is 19.6. The summed E-state index contributed by atoms with van der Waals surface area (Å²) in [5.74, 6) is 0.659. The first kappa shape index (κ1) is 24.1. The smallest absolute Gasteiger partial charge is 0.280 e. The van der Waals surface area contributed by atoms with Crippen molar-refractivity contribution in [2.75, 3.05) is 57.2 Å². The Kier molecular flexibility index (Phi) is 7.63. The molecule has 0 bridgehead atoms. The number of morpholine rings is 1. The highest BCUT2D eigenvalue weighted by Crippen LogP contribution is 2.31. The molecule has 4 rings (SSSR count). The van der Waals surface area contributed by atoms with Crippen molar-refractivity contribution in [2.45, 2.75) is 24.3 Å². The van der Waals surface area contributed by atoms with Gasteiger partial charge in [0, 0.05) is 32.6 Å². The molecule has 0 aromatic carbocycles. The molecule has 4 unspecified atom stereocenters. The summed E-state index contributed by atoms with van der Waals surface area (Å²) in [4.78, 5) is 12.4. The van der Waals surface area contributed by atoms with Crippen molar-refractivity contribution in [3.63, 3.8) is 0 Å². The van der Waals surface area contributed by atoms with Gasteiger partial charge in [0.2, 0.25) is 5.95 Å². The van der Waals surface area contributed by atoms with E-state index in [-0.39, 0.29) is 24.7 Å². The lowest BCUT2D eigenvalue weighted by molar-refractivity contribution is 0.0668. The lowest BCUT2D eigenvalue weighted by atomic mass is 10.1. The molecule has 15 heteroatoms. The van der Waals surface area contributed by atoms with E-state index in [4.69, 9.17) is 31.5 Å². The third-order valence-corrected chi connectivity index (χ3v) is 7.36. The highest BCUT2D eigenvalue weighted by Gasteiger charge is 2.49. The Balaban J connectivity index is 1.40. The zero-order valence-electron chi connectivity index (χ0n) is 18.0. The van der Waals surface area contributed by atoms with E-state index in [0.29, 0.717) is 49.4 Å². The van der Waals surface area contributed by atoms with Gasteiger partial charge in [-0.3, -0.25) is 4.99 Å². The first-order chi connectivity index (χ1) is 15.9. The van der Waals surface area contributed by atoms with Crippen LogP contribution in [0, 0.1) is 0 Å². The number of rotatable bonds is 8. The number of hydrogen-bond acceptors (Lipinski definition) is 11. The van der Waals surface area contributed by atoms with Gasteiger partial charge < -0.3 is 30.6 Å². The number of hydrogen-bond donors (Lipinski definition) is 4. The molecule has 182 valence electrons. The van der Waals surface area contributed by atoms with Gasteiger partial charge >= 0.3 is 0 Å². The number of halogens is 1. The van der Waals surface area contributed by atoms with Crippen molar-refractivity contribution in [2.24, 2.45) is 10.7 Å². The standard InChI is InChI=1S/C18H27ClN8O5S/c1-21-7-11(6-20)23-18-22-8-12(19)17(25-18)24-13-9-31-16-14(10-32-15(13)16)26-33(28,29)27-2-4-30-5-3-27/h6-8,13-16,26H,2-5,9-10,20H2,1H3,(H2,22,23,24,25). The van der Waals surface area contributed by atoms with Crippen molar-refractivity contribution >= 4 is 39.8 Å². The minimum atomic E-state index is -3.67. The molecular weight excluding hydrogens is 476 g/mol. The monoisotopic (exact) mass is 502 g/mol. The van der Waals surface area contributed by atoms with Crippen LogP contribution in [-0.2, 0) is 24.4 Å². The normalized spacial score (nSPS) is 28.8. The molecule has 1 aromatic rings. The highest BCUT2D eigenvalue weighted by atomic mass is 35.5. The van der Waals surface area contributed by atoms with E-state index in [2.05, 4.69) is 30.3 Å². The maximum Gasteiger partial charge on any atom is 0.280 e. The number of fused-ring (bicyclic) bond motifs is 1. The predicted octanol–water partition coefficient (Wildman–Crippen LogP) is -0.844. The SMILES string of the molecule is CN=CC(=CN)Nc1ncc(Cl)c(NC2COC3C(NS(=O)(=O)N4CCOCC4)COC23)n1. The minimum absolute atomic E-state index is 0.197. The molecule has 4 heterocycles. The molecule has 3 aliphatic rings. The van der Waals surface area contributed by atoms with Gasteiger partial charge in [0.05, 0.1) is 50.4 Å². The first-order valence-corrected chi connectivity index (χ1v) is 12.2. The maximum absolute atomic E-state index is 12.7. The molecule has 0 amide bonds. The van der Waals surface area contributed by atoms with E-state index in [0.717, 1.165) is 0 Å². The third kappa shape index (κ3) is 5.54. The van der Waals surface area contributed by atoms with Gasteiger partial charge in [-0.2, -0.15) is 22.4 Å². The summed E-state index contributed by atoms with van der Waals surface area (Å²) in [6.07, 6.45) is 3.52. The number of allylic oxidation sites excluding steroid dienone is 1. The summed E-state index contributed by atoms with van der Waals surface area (Å²) in [6.45, 7) is 1.88. The molecule has 3 fully saturated rings. The second kappa shape index (κ2) is 10.5. The van der Waals surface area contributed by atoms with E-state index in [1.165, 1.54) is 22.9 Å². The fraction of sp³-hybridized carbons (Fsp3) is 0.611. The Morgan fingerprint density at radius 3 is 2.67 bits per heavy atom. The van der Waals surface area contributed by atoms with Crippen molar-refractivity contribution in [3.8, 4) is 0 Å². The van der Waals surface area contributed by atoms with Crippen molar-refractivity contribution in [3.05, 3.63) is 23.1 Å². The summed E-state index contributed by atoms with van der Waals surface area (Å²) >= 11 is 6.28. The van der Waals surface area contributed by atoms with Crippen LogP contribution >= 0.6 is 11.6 Å². The molecule has 3 saturated heterocycles. The minimum Gasteiger partial charge on any atom is -0.403 e. The summed E-state index contributed by atoms with van der Waals surface area (Å²) in [5, 5.41) is 6.49. The predicted molar refractivity (Wildman–Crippen MR) is 122 cm³/mol. The molecule has 0 radical (unpaired) electrons. The molecule has 0 aliphatic carbocycles. The summed E-state index contributed by atoms with van der Waals surface area (Å²) in [7, 11) is -2.05. The van der Waals surface area contributed by atoms with Gasteiger partial charge in [-0.25, -0.2) is 4.98 Å². The second-order valence-corrected chi connectivity index (χ2v) is 9.72. The maximum atomic E-state index is 12.7. The number of anilines is 2. The van der Waals surface area contributed by atoms with Crippen LogP contribution in [0.5, 0.6) is 0 Å². The molecule has 33 heavy (non-hydrogen) atoms. The van der Waals surface area contributed by atoms with Gasteiger partial charge in [0.1, 0.15) is 17.2 Å². The molecule has 0 spiro atoms. The number of nitrogens with two attached hydrogens (primary N) is 1. The Bertz CT molecular complexity index is 1000. The average molecular weight is 503 g/mol. The van der Waals surface area contributed by atoms with Crippen LogP contribution < -0.4 is 21.1 Å². The third-order valence-electron chi connectivity index (χ3n) is 5.43. The first-order valence-electron chi connectivity index (χ1n) is 10.4. The quantitative estimate of drug-likeness (QED) is 0.329. The van der Waals surface area contributed by atoms with Crippen molar-refractivity contribution < 1.29 is 22.6 Å². The number of aromatic nitrogens is 2. The van der Waals surface area contributed by atoms with Crippen molar-refractivity contribution in [1.82, 2.24) is 19.0 Å². The van der Waals surface area contributed by atoms with Crippen LogP contribution in [0.2, 0.25) is 5.02 Å². The van der Waals surface area contributed by atoms with Gasteiger partial charge in [-0.15, -0.1) is 0 Å². The van der Waals surface area contributed by atoms with Crippen LogP contribution in [0.3, 0.4) is 0 Å². The summed E-state index contributed by atoms with van der Waals surface area (Å²) in [5.41, 5.74) is 6.08. The second-order valence-electron chi connectivity index (χ2n) is 7.61. The van der Waals surface area contributed by atoms with Crippen LogP contribution in [0.4, 0.5) is 11.8 Å². The molecule has 3 aliphatic heterocycles. The molecule has 5 N–H and O–H groups in total. The van der Waals surface area contributed by atoms with E-state index >= 15 is 0 Å². The number of nitrogens with one attached hydrogen (secondary N) is 3.